The smallest absolute Gasteiger partial charge is 0.345 e. The third kappa shape index (κ3) is 4.01. The van der Waals surface area contributed by atoms with Gasteiger partial charge < -0.3 is 10.4 Å². The van der Waals surface area contributed by atoms with E-state index in [4.69, 9.17) is 5.11 Å². The lowest BCUT2D eigenvalue weighted by Gasteiger charge is -2.21. The Bertz CT molecular complexity index is 372. The lowest BCUT2D eigenvalue weighted by atomic mass is 10.2. The van der Waals surface area contributed by atoms with Crippen molar-refractivity contribution in [1.82, 2.24) is 5.32 Å². The molecule has 1 aromatic heterocycles. The van der Waals surface area contributed by atoms with Crippen molar-refractivity contribution in [3.05, 3.63) is 21.9 Å². The molecule has 1 aliphatic rings. The van der Waals surface area contributed by atoms with Crippen LogP contribution in [-0.2, 0) is 6.54 Å². The highest BCUT2D eigenvalue weighted by atomic mass is 32.2. The first-order valence-electron chi connectivity index (χ1n) is 5.90. The SMILES string of the molecule is O=C(O)c1ccc(CNCC2CCCCS2)s1. The van der Waals surface area contributed by atoms with Crippen molar-refractivity contribution in [2.24, 2.45) is 0 Å². The summed E-state index contributed by atoms with van der Waals surface area (Å²) in [5, 5.41) is 13.0. The second-order valence-corrected chi connectivity index (χ2v) is 6.77. The zero-order valence-electron chi connectivity index (χ0n) is 9.65. The van der Waals surface area contributed by atoms with E-state index in [1.807, 2.05) is 6.07 Å². The van der Waals surface area contributed by atoms with Crippen LogP contribution in [0.2, 0.25) is 0 Å². The molecule has 1 aromatic rings. The number of thioether (sulfide) groups is 1. The van der Waals surface area contributed by atoms with Crippen molar-refractivity contribution >= 4 is 29.1 Å². The summed E-state index contributed by atoms with van der Waals surface area (Å²) in [6, 6.07) is 3.58. The van der Waals surface area contributed by atoms with E-state index in [1.54, 1.807) is 6.07 Å². The summed E-state index contributed by atoms with van der Waals surface area (Å²) in [7, 11) is 0. The zero-order chi connectivity index (χ0) is 12.1. The maximum atomic E-state index is 10.7. The lowest BCUT2D eigenvalue weighted by Crippen LogP contribution is -2.26. The monoisotopic (exact) mass is 271 g/mol. The normalized spacial score (nSPS) is 20.4. The molecule has 2 N–H and O–H groups in total. The van der Waals surface area contributed by atoms with E-state index >= 15 is 0 Å². The quantitative estimate of drug-likeness (QED) is 0.864. The number of hydrogen-bond acceptors (Lipinski definition) is 4. The second kappa shape index (κ2) is 6.42. The number of nitrogens with one attached hydrogen (secondary N) is 1. The third-order valence-electron chi connectivity index (χ3n) is 2.82. The third-order valence-corrected chi connectivity index (χ3v) is 5.29. The molecule has 0 amide bonds. The second-order valence-electron chi connectivity index (χ2n) is 4.19. The van der Waals surface area contributed by atoms with Crippen molar-refractivity contribution in [3.63, 3.8) is 0 Å². The Kier molecular flexibility index (Phi) is 4.88. The Hall–Kier alpha value is -0.520. The van der Waals surface area contributed by atoms with E-state index in [2.05, 4.69) is 17.1 Å². The average molecular weight is 271 g/mol. The van der Waals surface area contributed by atoms with Crippen LogP contribution in [0, 0.1) is 0 Å². The van der Waals surface area contributed by atoms with E-state index in [1.165, 1.54) is 36.4 Å². The van der Waals surface area contributed by atoms with Gasteiger partial charge in [0.1, 0.15) is 4.88 Å². The van der Waals surface area contributed by atoms with Gasteiger partial charge in [0.2, 0.25) is 0 Å². The van der Waals surface area contributed by atoms with Gasteiger partial charge in [0.25, 0.3) is 0 Å². The molecule has 0 bridgehead atoms. The molecule has 0 radical (unpaired) electrons. The van der Waals surface area contributed by atoms with Gasteiger partial charge in [-0.2, -0.15) is 11.8 Å². The molecule has 0 aromatic carbocycles. The molecule has 2 rings (SSSR count). The van der Waals surface area contributed by atoms with Crippen molar-refractivity contribution in [1.29, 1.82) is 0 Å². The molecule has 0 saturated carbocycles. The molecule has 1 unspecified atom stereocenters. The van der Waals surface area contributed by atoms with Gasteiger partial charge >= 0.3 is 5.97 Å². The molecule has 2 heterocycles. The number of carboxylic acids is 1. The van der Waals surface area contributed by atoms with Crippen molar-refractivity contribution in [2.75, 3.05) is 12.3 Å². The highest BCUT2D eigenvalue weighted by Gasteiger charge is 2.13. The fourth-order valence-electron chi connectivity index (χ4n) is 1.91. The van der Waals surface area contributed by atoms with Gasteiger partial charge in [0.15, 0.2) is 0 Å². The molecule has 3 nitrogen and oxygen atoms in total. The van der Waals surface area contributed by atoms with Crippen LogP contribution >= 0.6 is 23.1 Å². The van der Waals surface area contributed by atoms with Crippen LogP contribution in [0.4, 0.5) is 0 Å². The number of aromatic carboxylic acids is 1. The fourth-order valence-corrected chi connectivity index (χ4v) is 4.00. The minimum Gasteiger partial charge on any atom is -0.477 e. The maximum absolute atomic E-state index is 10.7. The minimum absolute atomic E-state index is 0.425. The van der Waals surface area contributed by atoms with E-state index in [0.29, 0.717) is 4.88 Å². The van der Waals surface area contributed by atoms with Crippen molar-refractivity contribution < 1.29 is 9.90 Å². The topological polar surface area (TPSA) is 49.3 Å². The molecule has 1 aliphatic heterocycles. The highest BCUT2D eigenvalue weighted by molar-refractivity contribution is 7.99. The summed E-state index contributed by atoms with van der Waals surface area (Å²) in [5.74, 6) is 0.457. The molecular weight excluding hydrogens is 254 g/mol. The van der Waals surface area contributed by atoms with Crippen molar-refractivity contribution in [3.8, 4) is 0 Å². The molecule has 17 heavy (non-hydrogen) atoms. The Balaban J connectivity index is 1.71. The average Bonchev–Trinajstić information content (AvgIpc) is 2.79. The highest BCUT2D eigenvalue weighted by Crippen LogP contribution is 2.24. The first kappa shape index (κ1) is 12.9. The Labute approximate surface area is 110 Å². The maximum Gasteiger partial charge on any atom is 0.345 e. The summed E-state index contributed by atoms with van der Waals surface area (Å²) >= 11 is 3.41. The first-order chi connectivity index (χ1) is 8.25. The summed E-state index contributed by atoms with van der Waals surface area (Å²) in [5.41, 5.74) is 0. The molecule has 1 saturated heterocycles. The van der Waals surface area contributed by atoms with Gasteiger partial charge in [0.05, 0.1) is 0 Å². The molecular formula is C12H17NO2S2. The van der Waals surface area contributed by atoms with Crippen LogP contribution in [0.15, 0.2) is 12.1 Å². The summed E-state index contributed by atoms with van der Waals surface area (Å²) in [6.45, 7) is 1.82. The van der Waals surface area contributed by atoms with Crippen molar-refractivity contribution in [2.45, 2.75) is 31.1 Å². The number of rotatable bonds is 5. The van der Waals surface area contributed by atoms with Gasteiger partial charge in [-0.25, -0.2) is 4.79 Å². The Morgan fingerprint density at radius 3 is 3.00 bits per heavy atom. The first-order valence-corrected chi connectivity index (χ1v) is 7.76. The summed E-state index contributed by atoms with van der Waals surface area (Å²) < 4.78 is 0. The van der Waals surface area contributed by atoms with Gasteiger partial charge in [-0.15, -0.1) is 11.3 Å². The predicted octanol–water partition coefficient (Wildman–Crippen LogP) is 2.82. The predicted molar refractivity (Wildman–Crippen MR) is 73.1 cm³/mol. The zero-order valence-corrected chi connectivity index (χ0v) is 11.3. The Morgan fingerprint density at radius 1 is 1.47 bits per heavy atom. The van der Waals surface area contributed by atoms with E-state index in [-0.39, 0.29) is 0 Å². The van der Waals surface area contributed by atoms with Crippen LogP contribution in [0.25, 0.3) is 0 Å². The Morgan fingerprint density at radius 2 is 2.35 bits per heavy atom. The van der Waals surface area contributed by atoms with Crippen LogP contribution in [0.3, 0.4) is 0 Å². The largest absolute Gasteiger partial charge is 0.477 e. The molecule has 0 aliphatic carbocycles. The van der Waals surface area contributed by atoms with Crippen LogP contribution < -0.4 is 5.32 Å². The standard InChI is InChI=1S/C12H17NO2S2/c14-12(15)11-5-4-10(17-11)8-13-7-9-3-1-2-6-16-9/h4-5,9,13H,1-3,6-8H2,(H,14,15). The molecule has 1 fully saturated rings. The molecule has 94 valence electrons. The fraction of sp³-hybridized carbons (Fsp3) is 0.583. The number of carboxylic acid groups (broad SMARTS) is 1. The van der Waals surface area contributed by atoms with E-state index < -0.39 is 5.97 Å². The molecule has 5 heteroatoms. The van der Waals surface area contributed by atoms with Crippen LogP contribution in [0.5, 0.6) is 0 Å². The van der Waals surface area contributed by atoms with Gasteiger partial charge in [0, 0.05) is 23.2 Å². The van der Waals surface area contributed by atoms with E-state index in [0.717, 1.165) is 23.2 Å². The number of thiophene rings is 1. The van der Waals surface area contributed by atoms with E-state index in [9.17, 15) is 4.79 Å². The van der Waals surface area contributed by atoms with Gasteiger partial charge in [-0.3, -0.25) is 0 Å². The molecule has 0 spiro atoms. The van der Waals surface area contributed by atoms with Gasteiger partial charge in [-0.1, -0.05) is 6.42 Å². The molecule has 1 atom stereocenters. The summed E-state index contributed by atoms with van der Waals surface area (Å²) in [4.78, 5) is 12.2. The minimum atomic E-state index is -0.830. The van der Waals surface area contributed by atoms with Crippen LogP contribution in [0.1, 0.15) is 33.8 Å². The van der Waals surface area contributed by atoms with Crippen LogP contribution in [-0.4, -0.2) is 28.6 Å². The number of hydrogen-bond donors (Lipinski definition) is 2. The summed E-state index contributed by atoms with van der Waals surface area (Å²) in [6.07, 6.45) is 4.01. The van der Waals surface area contributed by atoms with Gasteiger partial charge in [-0.05, 0) is 30.7 Å². The number of carbonyl (C=O) groups is 1. The lowest BCUT2D eigenvalue weighted by molar-refractivity contribution is 0.0702.